The Hall–Kier alpha value is -1.35. The van der Waals surface area contributed by atoms with Crippen molar-refractivity contribution in [2.45, 2.75) is 44.6 Å². The third-order valence-corrected chi connectivity index (χ3v) is 5.48. The number of nitrogens with zero attached hydrogens (tertiary/aromatic N) is 3. The molecule has 1 fully saturated rings. The van der Waals surface area contributed by atoms with Crippen LogP contribution >= 0.6 is 24.0 Å². The van der Waals surface area contributed by atoms with Crippen LogP contribution in [-0.4, -0.2) is 75.0 Å². The fourth-order valence-corrected chi connectivity index (χ4v) is 3.68. The van der Waals surface area contributed by atoms with E-state index in [-0.39, 0.29) is 41.3 Å². The first-order valence-corrected chi connectivity index (χ1v) is 10.3. The van der Waals surface area contributed by atoms with E-state index in [0.717, 1.165) is 51.4 Å². The lowest BCUT2D eigenvalue weighted by Crippen LogP contribution is -2.45. The number of guanidine groups is 1. The van der Waals surface area contributed by atoms with Crippen molar-refractivity contribution in [2.24, 2.45) is 4.99 Å². The maximum Gasteiger partial charge on any atom is 0.239 e. The molecule has 0 bridgehead atoms. The Labute approximate surface area is 193 Å². The Morgan fingerprint density at radius 2 is 1.93 bits per heavy atom. The second-order valence-electron chi connectivity index (χ2n) is 8.38. The van der Waals surface area contributed by atoms with Crippen molar-refractivity contribution in [1.29, 1.82) is 0 Å². The third-order valence-electron chi connectivity index (χ3n) is 5.48. The molecular weight excluding hydrogens is 477 g/mol. The summed E-state index contributed by atoms with van der Waals surface area (Å²) in [4.78, 5) is 20.6. The van der Waals surface area contributed by atoms with Gasteiger partial charge in [0, 0.05) is 46.2 Å². The van der Waals surface area contributed by atoms with E-state index in [1.165, 1.54) is 5.56 Å². The van der Waals surface area contributed by atoms with Crippen molar-refractivity contribution in [2.75, 3.05) is 47.3 Å². The lowest BCUT2D eigenvalue weighted by molar-refractivity contribution is -0.133. The average Bonchev–Trinajstić information content (AvgIpc) is 3.15. The van der Waals surface area contributed by atoms with Gasteiger partial charge in [-0.3, -0.25) is 14.7 Å². The monoisotopic (exact) mass is 515 g/mol. The van der Waals surface area contributed by atoms with E-state index in [4.69, 9.17) is 0 Å². The van der Waals surface area contributed by atoms with Gasteiger partial charge in [-0.05, 0) is 31.4 Å². The SMILES string of the molecule is CN=C(NCCCN1CCCC1C(=O)N(C)C)NCC(C)(C)c1ccccc1.I. The minimum absolute atomic E-state index is 0. The van der Waals surface area contributed by atoms with Gasteiger partial charge in [-0.1, -0.05) is 44.2 Å². The summed E-state index contributed by atoms with van der Waals surface area (Å²) in [5.74, 6) is 1.05. The molecule has 0 radical (unpaired) electrons. The summed E-state index contributed by atoms with van der Waals surface area (Å²) in [6.07, 6.45) is 3.07. The number of likely N-dealkylation sites (N-methyl/N-ethyl adjacent to an activating group) is 1. The number of hydrogen-bond donors (Lipinski definition) is 2. The number of carbonyl (C=O) groups excluding carboxylic acids is 1. The summed E-state index contributed by atoms with van der Waals surface area (Å²) < 4.78 is 0. The maximum absolute atomic E-state index is 12.3. The van der Waals surface area contributed by atoms with Crippen molar-refractivity contribution >= 4 is 35.8 Å². The highest BCUT2D eigenvalue weighted by Gasteiger charge is 2.31. The fourth-order valence-electron chi connectivity index (χ4n) is 3.68. The smallest absolute Gasteiger partial charge is 0.239 e. The molecule has 0 aliphatic carbocycles. The number of amides is 1. The number of aliphatic imine (C=N–C) groups is 1. The van der Waals surface area contributed by atoms with Gasteiger partial charge in [-0.25, -0.2) is 0 Å². The van der Waals surface area contributed by atoms with Crippen LogP contribution in [0.2, 0.25) is 0 Å². The number of hydrogen-bond acceptors (Lipinski definition) is 3. The van der Waals surface area contributed by atoms with Gasteiger partial charge in [0.1, 0.15) is 0 Å². The van der Waals surface area contributed by atoms with E-state index >= 15 is 0 Å². The molecule has 1 unspecified atom stereocenters. The lowest BCUT2D eigenvalue weighted by atomic mass is 9.85. The zero-order valence-corrected chi connectivity index (χ0v) is 20.9. The van der Waals surface area contributed by atoms with Crippen LogP contribution in [0.25, 0.3) is 0 Å². The van der Waals surface area contributed by atoms with Crippen LogP contribution < -0.4 is 10.6 Å². The molecule has 29 heavy (non-hydrogen) atoms. The minimum atomic E-state index is 0. The molecule has 1 atom stereocenters. The number of rotatable bonds is 8. The fraction of sp³-hybridized carbons (Fsp3) is 0.636. The molecule has 1 amide bonds. The zero-order valence-electron chi connectivity index (χ0n) is 18.6. The molecule has 0 spiro atoms. The van der Waals surface area contributed by atoms with E-state index in [9.17, 15) is 4.79 Å². The molecule has 1 saturated heterocycles. The van der Waals surface area contributed by atoms with Gasteiger partial charge in [-0.15, -0.1) is 24.0 Å². The first kappa shape index (κ1) is 25.7. The molecule has 1 heterocycles. The third kappa shape index (κ3) is 7.77. The first-order chi connectivity index (χ1) is 13.3. The highest BCUT2D eigenvalue weighted by atomic mass is 127. The number of carbonyl (C=O) groups is 1. The van der Waals surface area contributed by atoms with Crippen LogP contribution in [-0.2, 0) is 10.2 Å². The second kappa shape index (κ2) is 12.4. The van der Waals surface area contributed by atoms with Gasteiger partial charge in [0.15, 0.2) is 5.96 Å². The van der Waals surface area contributed by atoms with Crippen molar-refractivity contribution in [3.8, 4) is 0 Å². The quantitative estimate of drug-likeness (QED) is 0.242. The van der Waals surface area contributed by atoms with E-state index in [2.05, 4.69) is 58.6 Å². The summed E-state index contributed by atoms with van der Waals surface area (Å²) in [5.41, 5.74) is 1.33. The molecule has 6 nitrogen and oxygen atoms in total. The standard InChI is InChI=1S/C22H37N5O.HI/c1-22(2,18-11-7-6-8-12-18)17-25-21(23-3)24-14-10-16-27-15-9-13-19(27)20(28)26(4)5;/h6-8,11-12,19H,9-10,13-17H2,1-5H3,(H2,23,24,25);1H. The summed E-state index contributed by atoms with van der Waals surface area (Å²) in [6, 6.07) is 10.6. The van der Waals surface area contributed by atoms with Gasteiger partial charge in [-0.2, -0.15) is 0 Å². The molecule has 1 aromatic rings. The van der Waals surface area contributed by atoms with Crippen LogP contribution in [0, 0.1) is 0 Å². The number of nitrogens with one attached hydrogen (secondary N) is 2. The predicted molar refractivity (Wildman–Crippen MR) is 132 cm³/mol. The van der Waals surface area contributed by atoms with Crippen molar-refractivity contribution in [3.63, 3.8) is 0 Å². The van der Waals surface area contributed by atoms with Crippen LogP contribution in [0.3, 0.4) is 0 Å². The number of likely N-dealkylation sites (tertiary alicyclic amines) is 1. The highest BCUT2D eigenvalue weighted by molar-refractivity contribution is 14.0. The molecule has 0 aromatic heterocycles. The van der Waals surface area contributed by atoms with Crippen molar-refractivity contribution in [3.05, 3.63) is 35.9 Å². The minimum Gasteiger partial charge on any atom is -0.356 e. The molecule has 2 rings (SSSR count). The van der Waals surface area contributed by atoms with Crippen molar-refractivity contribution in [1.82, 2.24) is 20.4 Å². The summed E-state index contributed by atoms with van der Waals surface area (Å²) >= 11 is 0. The summed E-state index contributed by atoms with van der Waals surface area (Å²) in [5, 5.41) is 6.84. The molecular formula is C22H38IN5O. The van der Waals surface area contributed by atoms with Crippen LogP contribution in [0.1, 0.15) is 38.7 Å². The maximum atomic E-state index is 12.3. The van der Waals surface area contributed by atoms with E-state index in [1.807, 2.05) is 20.2 Å². The highest BCUT2D eigenvalue weighted by Crippen LogP contribution is 2.21. The topological polar surface area (TPSA) is 60.0 Å². The van der Waals surface area contributed by atoms with Crippen LogP contribution in [0.5, 0.6) is 0 Å². The number of benzene rings is 1. The van der Waals surface area contributed by atoms with Crippen LogP contribution in [0.15, 0.2) is 35.3 Å². The summed E-state index contributed by atoms with van der Waals surface area (Å²) in [7, 11) is 5.48. The van der Waals surface area contributed by atoms with E-state index < -0.39 is 0 Å². The van der Waals surface area contributed by atoms with Gasteiger partial charge in [0.25, 0.3) is 0 Å². The Bertz CT molecular complexity index is 648. The van der Waals surface area contributed by atoms with Gasteiger partial charge in [0.2, 0.25) is 5.91 Å². The number of halogens is 1. The first-order valence-electron chi connectivity index (χ1n) is 10.3. The van der Waals surface area contributed by atoms with Gasteiger partial charge in [0.05, 0.1) is 6.04 Å². The van der Waals surface area contributed by atoms with E-state index in [1.54, 1.807) is 11.9 Å². The van der Waals surface area contributed by atoms with E-state index in [0.29, 0.717) is 0 Å². The molecule has 1 aliphatic rings. The Balaban J connectivity index is 0.00000420. The second-order valence-corrected chi connectivity index (χ2v) is 8.38. The lowest BCUT2D eigenvalue weighted by Gasteiger charge is -2.27. The van der Waals surface area contributed by atoms with Crippen molar-refractivity contribution < 1.29 is 4.79 Å². The molecule has 164 valence electrons. The molecule has 0 saturated carbocycles. The largest absolute Gasteiger partial charge is 0.356 e. The summed E-state index contributed by atoms with van der Waals surface area (Å²) in [6.45, 7) is 8.06. The average molecular weight is 515 g/mol. The molecule has 7 heteroatoms. The molecule has 1 aliphatic heterocycles. The normalized spacial score (nSPS) is 17.6. The molecule has 1 aromatic carbocycles. The Kier molecular flexibility index (Phi) is 11.0. The van der Waals surface area contributed by atoms with Gasteiger partial charge < -0.3 is 15.5 Å². The molecule has 2 N–H and O–H groups in total. The van der Waals surface area contributed by atoms with Gasteiger partial charge >= 0.3 is 0 Å². The zero-order chi connectivity index (χ0) is 20.6. The predicted octanol–water partition coefficient (Wildman–Crippen LogP) is 2.69. The van der Waals surface area contributed by atoms with Crippen LogP contribution in [0.4, 0.5) is 0 Å². The Morgan fingerprint density at radius 1 is 1.24 bits per heavy atom. The Morgan fingerprint density at radius 3 is 2.55 bits per heavy atom.